The van der Waals surface area contributed by atoms with E-state index in [9.17, 15) is 4.79 Å². The monoisotopic (exact) mass is 479 g/mol. The molecule has 1 aliphatic carbocycles. The Kier molecular flexibility index (Phi) is 7.80. The number of rotatable bonds is 10. The van der Waals surface area contributed by atoms with Crippen molar-refractivity contribution in [2.45, 2.75) is 50.7 Å². The molecule has 0 spiro atoms. The summed E-state index contributed by atoms with van der Waals surface area (Å²) in [7, 11) is 4.83. The maximum atomic E-state index is 12.6. The summed E-state index contributed by atoms with van der Waals surface area (Å²) in [6, 6.07) is 11.4. The summed E-state index contributed by atoms with van der Waals surface area (Å²) in [4.78, 5) is 12.6. The standard InChI is InChI=1S/C27H33N3O5/c1-32-20-10-8-18(24(13-20)33-2)16-29-27-22(15-28)21(14-26(31)30-27)17-9-11-23(25(12-17)34-3)35-19-6-4-5-7-19/h8-13,15,19,21,28-29H,4-7,14,16H2,1-3H3,(H,30,31). The van der Waals surface area contributed by atoms with Crippen molar-refractivity contribution in [3.63, 3.8) is 0 Å². The van der Waals surface area contributed by atoms with Crippen molar-refractivity contribution in [1.29, 1.82) is 5.41 Å². The highest BCUT2D eigenvalue weighted by atomic mass is 16.5. The number of hydrogen-bond acceptors (Lipinski definition) is 7. The van der Waals surface area contributed by atoms with Gasteiger partial charge in [0.25, 0.3) is 0 Å². The molecule has 4 rings (SSSR count). The van der Waals surface area contributed by atoms with Crippen LogP contribution in [0.5, 0.6) is 23.0 Å². The average Bonchev–Trinajstić information content (AvgIpc) is 3.40. The Morgan fingerprint density at radius 1 is 1.00 bits per heavy atom. The molecule has 1 unspecified atom stereocenters. The fourth-order valence-corrected chi connectivity index (χ4v) is 4.71. The van der Waals surface area contributed by atoms with Crippen LogP contribution in [0, 0.1) is 5.41 Å². The fourth-order valence-electron chi connectivity index (χ4n) is 4.71. The summed E-state index contributed by atoms with van der Waals surface area (Å²) >= 11 is 0. The van der Waals surface area contributed by atoms with Crippen LogP contribution >= 0.6 is 0 Å². The van der Waals surface area contributed by atoms with Gasteiger partial charge in [0.2, 0.25) is 5.91 Å². The van der Waals surface area contributed by atoms with E-state index in [4.69, 9.17) is 24.4 Å². The second kappa shape index (κ2) is 11.2. The van der Waals surface area contributed by atoms with Gasteiger partial charge >= 0.3 is 0 Å². The number of allylic oxidation sites excluding steroid dienone is 1. The molecule has 3 N–H and O–H groups in total. The molecule has 1 amide bonds. The minimum Gasteiger partial charge on any atom is -0.497 e. The van der Waals surface area contributed by atoms with Crippen LogP contribution in [-0.2, 0) is 11.3 Å². The number of nitrogens with one attached hydrogen (secondary N) is 3. The molecule has 0 bridgehead atoms. The SMILES string of the molecule is COc1ccc(CNC2=C(C=N)C(c3ccc(OC4CCCC4)c(OC)c3)CC(=O)N2)c(OC)c1. The largest absolute Gasteiger partial charge is 0.497 e. The number of benzene rings is 2. The average molecular weight is 480 g/mol. The van der Waals surface area contributed by atoms with E-state index in [0.29, 0.717) is 40.9 Å². The third kappa shape index (κ3) is 5.53. The van der Waals surface area contributed by atoms with Crippen molar-refractivity contribution in [3.8, 4) is 23.0 Å². The van der Waals surface area contributed by atoms with Crippen molar-refractivity contribution in [2.24, 2.45) is 0 Å². The van der Waals surface area contributed by atoms with E-state index in [1.54, 1.807) is 21.3 Å². The quantitative estimate of drug-likeness (QED) is 0.440. The van der Waals surface area contributed by atoms with Gasteiger partial charge in [-0.2, -0.15) is 0 Å². The normalized spacial score (nSPS) is 18.1. The Bertz CT molecular complexity index is 1110. The number of methoxy groups -OCH3 is 3. The Hall–Kier alpha value is -3.68. The molecule has 8 nitrogen and oxygen atoms in total. The van der Waals surface area contributed by atoms with Crippen molar-refractivity contribution in [3.05, 3.63) is 58.9 Å². The summed E-state index contributed by atoms with van der Waals surface area (Å²) in [6.07, 6.45) is 6.26. The number of amides is 1. The number of ether oxygens (including phenoxy) is 4. The molecule has 0 saturated heterocycles. The van der Waals surface area contributed by atoms with Crippen molar-refractivity contribution >= 4 is 12.1 Å². The lowest BCUT2D eigenvalue weighted by Crippen LogP contribution is -2.39. The first-order valence-corrected chi connectivity index (χ1v) is 11.9. The predicted octanol–water partition coefficient (Wildman–Crippen LogP) is 4.29. The maximum absolute atomic E-state index is 12.6. The molecule has 2 aromatic rings. The lowest BCUT2D eigenvalue weighted by atomic mass is 9.86. The zero-order chi connectivity index (χ0) is 24.8. The van der Waals surface area contributed by atoms with E-state index in [1.165, 1.54) is 19.1 Å². The molecule has 1 aliphatic heterocycles. The van der Waals surface area contributed by atoms with Gasteiger partial charge in [0.1, 0.15) is 17.3 Å². The number of carbonyl (C=O) groups excluding carboxylic acids is 1. The molecule has 2 aliphatic rings. The molecule has 0 aromatic heterocycles. The first-order chi connectivity index (χ1) is 17.1. The topological polar surface area (TPSA) is 102 Å². The van der Waals surface area contributed by atoms with Gasteiger partial charge in [-0.3, -0.25) is 4.79 Å². The van der Waals surface area contributed by atoms with Crippen molar-refractivity contribution < 1.29 is 23.7 Å². The molecule has 2 aromatic carbocycles. The van der Waals surface area contributed by atoms with E-state index in [2.05, 4.69) is 10.6 Å². The summed E-state index contributed by atoms with van der Waals surface area (Å²) < 4.78 is 22.5. The molecule has 1 fully saturated rings. The smallest absolute Gasteiger partial charge is 0.226 e. The number of hydrogen-bond donors (Lipinski definition) is 3. The molecule has 0 radical (unpaired) electrons. The van der Waals surface area contributed by atoms with Gasteiger partial charge in [0.05, 0.1) is 27.4 Å². The molecular weight excluding hydrogens is 446 g/mol. The third-order valence-electron chi connectivity index (χ3n) is 6.61. The highest BCUT2D eigenvalue weighted by Crippen LogP contribution is 2.38. The molecular formula is C27H33N3O5. The van der Waals surface area contributed by atoms with Gasteiger partial charge in [-0.1, -0.05) is 6.07 Å². The van der Waals surface area contributed by atoms with Crippen LogP contribution in [0.2, 0.25) is 0 Å². The first kappa shape index (κ1) is 24.4. The molecule has 8 heteroatoms. The Morgan fingerprint density at radius 2 is 1.77 bits per heavy atom. The Labute approximate surface area is 206 Å². The van der Waals surface area contributed by atoms with Crippen molar-refractivity contribution in [2.75, 3.05) is 21.3 Å². The minimum absolute atomic E-state index is 0.116. The van der Waals surface area contributed by atoms with Crippen LogP contribution in [0.4, 0.5) is 0 Å². The summed E-state index contributed by atoms with van der Waals surface area (Å²) in [6.45, 7) is 0.407. The fraction of sp³-hybridized carbons (Fsp3) is 0.407. The predicted molar refractivity (Wildman–Crippen MR) is 134 cm³/mol. The van der Waals surface area contributed by atoms with Crippen LogP contribution in [0.15, 0.2) is 47.8 Å². The first-order valence-electron chi connectivity index (χ1n) is 11.9. The minimum atomic E-state index is -0.282. The van der Waals surface area contributed by atoms with Crippen molar-refractivity contribution in [1.82, 2.24) is 10.6 Å². The highest BCUT2D eigenvalue weighted by Gasteiger charge is 2.29. The van der Waals surface area contributed by atoms with Gasteiger partial charge in [-0.25, -0.2) is 0 Å². The van der Waals surface area contributed by atoms with Gasteiger partial charge in [-0.15, -0.1) is 0 Å². The lowest BCUT2D eigenvalue weighted by molar-refractivity contribution is -0.121. The van der Waals surface area contributed by atoms with Gasteiger partial charge in [-0.05, 0) is 55.5 Å². The van der Waals surface area contributed by atoms with Gasteiger partial charge in [0.15, 0.2) is 11.5 Å². The summed E-state index contributed by atoms with van der Waals surface area (Å²) in [5.74, 6) is 2.85. The third-order valence-corrected chi connectivity index (χ3v) is 6.61. The summed E-state index contributed by atoms with van der Waals surface area (Å²) in [5.41, 5.74) is 2.50. The molecule has 35 heavy (non-hydrogen) atoms. The molecule has 1 heterocycles. The molecule has 1 atom stereocenters. The van der Waals surface area contributed by atoms with Crippen LogP contribution in [0.3, 0.4) is 0 Å². The van der Waals surface area contributed by atoms with Crippen LogP contribution in [0.25, 0.3) is 0 Å². The second-order valence-corrected chi connectivity index (χ2v) is 8.75. The number of carbonyl (C=O) groups is 1. The Morgan fingerprint density at radius 3 is 2.46 bits per heavy atom. The highest BCUT2D eigenvalue weighted by molar-refractivity contribution is 5.89. The van der Waals surface area contributed by atoms with Gasteiger partial charge in [0, 0.05) is 42.3 Å². The maximum Gasteiger partial charge on any atom is 0.226 e. The lowest BCUT2D eigenvalue weighted by Gasteiger charge is -2.28. The second-order valence-electron chi connectivity index (χ2n) is 8.75. The van der Waals surface area contributed by atoms with E-state index >= 15 is 0 Å². The van der Waals surface area contributed by atoms with E-state index in [1.807, 2.05) is 36.4 Å². The van der Waals surface area contributed by atoms with Gasteiger partial charge < -0.3 is 35.0 Å². The van der Waals surface area contributed by atoms with E-state index in [-0.39, 0.29) is 24.3 Å². The Balaban J connectivity index is 1.58. The van der Waals surface area contributed by atoms with Crippen LogP contribution < -0.4 is 29.6 Å². The summed E-state index contributed by atoms with van der Waals surface area (Å²) in [5, 5.41) is 14.3. The molecule has 186 valence electrons. The zero-order valence-electron chi connectivity index (χ0n) is 20.5. The van der Waals surface area contributed by atoms with E-state index < -0.39 is 0 Å². The van der Waals surface area contributed by atoms with E-state index in [0.717, 1.165) is 24.0 Å². The van der Waals surface area contributed by atoms with Crippen LogP contribution in [-0.4, -0.2) is 39.6 Å². The van der Waals surface area contributed by atoms with Crippen LogP contribution in [0.1, 0.15) is 49.1 Å². The molecule has 1 saturated carbocycles. The zero-order valence-corrected chi connectivity index (χ0v) is 20.5.